The van der Waals surface area contributed by atoms with Gasteiger partial charge >= 0.3 is 6.09 Å². The number of nitrogens with zero attached hydrogens (tertiary/aromatic N) is 2. The van der Waals surface area contributed by atoms with Gasteiger partial charge < -0.3 is 20.2 Å². The van der Waals surface area contributed by atoms with Crippen LogP contribution in [0, 0.1) is 24.6 Å². The van der Waals surface area contributed by atoms with E-state index >= 15 is 0 Å². The van der Waals surface area contributed by atoms with Gasteiger partial charge in [-0.05, 0) is 61.7 Å². The monoisotopic (exact) mass is 560 g/mol. The Bertz CT molecular complexity index is 1430. The van der Waals surface area contributed by atoms with Crippen molar-refractivity contribution >= 4 is 17.7 Å². The van der Waals surface area contributed by atoms with Crippen LogP contribution < -0.4 is 0 Å². The van der Waals surface area contributed by atoms with E-state index in [9.17, 15) is 34.1 Å². The number of phenols is 2. The van der Waals surface area contributed by atoms with Crippen LogP contribution >= 0.6 is 0 Å². The van der Waals surface area contributed by atoms with Gasteiger partial charge in [0.2, 0.25) is 0 Å². The lowest BCUT2D eigenvalue weighted by Gasteiger charge is -2.46. The highest BCUT2D eigenvalue weighted by Crippen LogP contribution is 2.44. The summed E-state index contributed by atoms with van der Waals surface area (Å²) in [5.74, 6) is -3.50. The number of carbonyl (C=O) groups excluding carboxylic acids is 2. The fraction of sp³-hybridized carbons (Fsp3) is 0.344. The molecule has 3 aromatic carbocycles. The molecule has 3 aromatic rings. The molecule has 8 nitrogen and oxygen atoms in total. The van der Waals surface area contributed by atoms with Crippen molar-refractivity contribution in [2.45, 2.75) is 38.3 Å². The zero-order valence-corrected chi connectivity index (χ0v) is 22.9. The second kappa shape index (κ2) is 11.3. The minimum Gasteiger partial charge on any atom is -0.508 e. The average molecular weight is 561 g/mol. The van der Waals surface area contributed by atoms with Crippen molar-refractivity contribution in [2.75, 3.05) is 19.6 Å². The molecule has 2 fully saturated rings. The van der Waals surface area contributed by atoms with Crippen LogP contribution in [-0.4, -0.2) is 74.5 Å². The Hall–Kier alpha value is -4.24. The van der Waals surface area contributed by atoms with Gasteiger partial charge in [-0.1, -0.05) is 36.4 Å². The number of rotatable bonds is 6. The number of Topliss-reactive ketones (excluding diaryl/α,β-unsaturated/α-hetero) is 2. The lowest BCUT2D eigenvalue weighted by Crippen LogP contribution is -2.56. The van der Waals surface area contributed by atoms with Crippen LogP contribution in [0.1, 0.15) is 51.1 Å². The van der Waals surface area contributed by atoms with E-state index in [-0.39, 0.29) is 59.4 Å². The van der Waals surface area contributed by atoms with Gasteiger partial charge in [-0.3, -0.25) is 14.5 Å². The zero-order valence-electron chi connectivity index (χ0n) is 22.9. The van der Waals surface area contributed by atoms with Crippen LogP contribution in [0.15, 0.2) is 66.7 Å². The van der Waals surface area contributed by atoms with Crippen LogP contribution in [0.25, 0.3) is 0 Å². The van der Waals surface area contributed by atoms with E-state index in [0.29, 0.717) is 24.1 Å². The maximum Gasteiger partial charge on any atom is 0.407 e. The number of piperidine rings is 1. The summed E-state index contributed by atoms with van der Waals surface area (Å²) in [6.45, 7) is 4.24. The molecule has 9 heteroatoms. The van der Waals surface area contributed by atoms with Crippen molar-refractivity contribution in [3.63, 3.8) is 0 Å². The predicted molar refractivity (Wildman–Crippen MR) is 150 cm³/mol. The van der Waals surface area contributed by atoms with Gasteiger partial charge in [-0.15, -0.1) is 0 Å². The molecule has 0 bridgehead atoms. The van der Waals surface area contributed by atoms with Gasteiger partial charge in [0, 0.05) is 60.6 Å². The first-order valence-corrected chi connectivity index (χ1v) is 13.7. The molecule has 214 valence electrons. The summed E-state index contributed by atoms with van der Waals surface area (Å²) in [5.41, 5.74) is 1.44. The number of aromatic hydroxyl groups is 2. The lowest BCUT2D eigenvalue weighted by molar-refractivity contribution is 0.0393. The molecule has 3 N–H and O–H groups in total. The molecule has 2 heterocycles. The first-order valence-electron chi connectivity index (χ1n) is 13.7. The van der Waals surface area contributed by atoms with Crippen molar-refractivity contribution in [1.29, 1.82) is 0 Å². The van der Waals surface area contributed by atoms with Crippen LogP contribution in [0.3, 0.4) is 0 Å². The normalized spacial score (nSPS) is 24.8. The molecule has 2 aliphatic rings. The van der Waals surface area contributed by atoms with E-state index in [1.165, 1.54) is 35.2 Å². The van der Waals surface area contributed by atoms with E-state index < -0.39 is 29.7 Å². The summed E-state index contributed by atoms with van der Waals surface area (Å²) in [7, 11) is 0. The quantitative estimate of drug-likeness (QED) is 0.360. The Kier molecular flexibility index (Phi) is 7.82. The molecular weight excluding hydrogens is 527 g/mol. The Morgan fingerprint density at radius 3 is 1.88 bits per heavy atom. The third kappa shape index (κ3) is 5.41. The van der Waals surface area contributed by atoms with Crippen LogP contribution in [0.4, 0.5) is 9.18 Å². The van der Waals surface area contributed by atoms with E-state index in [1.807, 2.05) is 11.8 Å². The molecular formula is C32H33FN2O6. The van der Waals surface area contributed by atoms with E-state index in [2.05, 4.69) is 0 Å². The Balaban J connectivity index is 1.65. The van der Waals surface area contributed by atoms with E-state index in [0.717, 1.165) is 0 Å². The number of carboxylic acid groups (broad SMARTS) is 1. The van der Waals surface area contributed by atoms with Crippen LogP contribution in [0.5, 0.6) is 11.5 Å². The van der Waals surface area contributed by atoms with Crippen molar-refractivity contribution in [3.8, 4) is 11.5 Å². The van der Waals surface area contributed by atoms with Crippen molar-refractivity contribution in [1.82, 2.24) is 9.80 Å². The van der Waals surface area contributed by atoms with Gasteiger partial charge in [0.1, 0.15) is 17.3 Å². The van der Waals surface area contributed by atoms with Gasteiger partial charge in [0.05, 0.1) is 0 Å². The highest BCUT2D eigenvalue weighted by atomic mass is 19.1. The molecule has 0 aliphatic carbocycles. The van der Waals surface area contributed by atoms with Crippen molar-refractivity contribution < 1.29 is 34.1 Å². The smallest absolute Gasteiger partial charge is 0.407 e. The van der Waals surface area contributed by atoms with Crippen LogP contribution in [0.2, 0.25) is 0 Å². The molecule has 0 radical (unpaired) electrons. The fourth-order valence-corrected chi connectivity index (χ4v) is 6.70. The molecule has 4 unspecified atom stereocenters. The molecule has 2 aliphatic heterocycles. The zero-order chi connectivity index (χ0) is 29.4. The Morgan fingerprint density at radius 2 is 1.39 bits per heavy atom. The number of carbonyl (C=O) groups is 3. The molecule has 4 atom stereocenters. The lowest BCUT2D eigenvalue weighted by atomic mass is 9.67. The van der Waals surface area contributed by atoms with Crippen LogP contribution in [-0.2, 0) is 0 Å². The van der Waals surface area contributed by atoms with Gasteiger partial charge in [0.25, 0.3) is 0 Å². The second-order valence-electron chi connectivity index (χ2n) is 11.0. The third-order valence-electron chi connectivity index (χ3n) is 8.76. The largest absolute Gasteiger partial charge is 0.508 e. The summed E-state index contributed by atoms with van der Waals surface area (Å²) in [6.07, 6.45) is -0.484. The average Bonchev–Trinajstić information content (AvgIpc) is 3.34. The van der Waals surface area contributed by atoms with Gasteiger partial charge in [0.15, 0.2) is 11.6 Å². The first-order chi connectivity index (χ1) is 19.6. The number of hydrogen-bond acceptors (Lipinski definition) is 6. The summed E-state index contributed by atoms with van der Waals surface area (Å²) < 4.78 is 14.9. The molecule has 0 aromatic heterocycles. The minimum atomic E-state index is -1.02. The van der Waals surface area contributed by atoms with Crippen molar-refractivity contribution in [2.24, 2.45) is 11.8 Å². The van der Waals surface area contributed by atoms with Crippen molar-refractivity contribution in [3.05, 3.63) is 94.8 Å². The summed E-state index contributed by atoms with van der Waals surface area (Å²) in [5, 5.41) is 29.9. The highest BCUT2D eigenvalue weighted by molar-refractivity contribution is 6.02. The fourth-order valence-electron chi connectivity index (χ4n) is 6.70. The summed E-state index contributed by atoms with van der Waals surface area (Å²) in [4.78, 5) is 43.7. The van der Waals surface area contributed by atoms with E-state index in [4.69, 9.17) is 0 Å². The maximum atomic E-state index is 14.9. The molecule has 1 amide bonds. The van der Waals surface area contributed by atoms with Gasteiger partial charge in [-0.2, -0.15) is 0 Å². The second-order valence-corrected chi connectivity index (χ2v) is 11.0. The molecule has 0 saturated carbocycles. The highest BCUT2D eigenvalue weighted by Gasteiger charge is 2.49. The Morgan fingerprint density at radius 1 is 0.854 bits per heavy atom. The number of hydrogen-bond donors (Lipinski definition) is 3. The summed E-state index contributed by atoms with van der Waals surface area (Å²) in [6, 6.07) is 16.1. The number of benzene rings is 3. The molecule has 0 spiro atoms. The topological polar surface area (TPSA) is 118 Å². The summed E-state index contributed by atoms with van der Waals surface area (Å²) >= 11 is 0. The third-order valence-corrected chi connectivity index (χ3v) is 8.76. The minimum absolute atomic E-state index is 0.0732. The molecule has 5 rings (SSSR count). The Labute approximate surface area is 237 Å². The van der Waals surface area contributed by atoms with E-state index in [1.54, 1.807) is 43.3 Å². The standard InChI is InChI=1S/C32H33FN2O6/c1-18-24(10-5-11-27(18)33)29-25(30(38)20-6-3-8-22(36)14-20)16-34(28-12-13-35(19(28)2)32(40)41)17-26(29)31(39)21-7-4-9-23(37)15-21/h3-11,14-15,19,25-26,28-29,36-37H,12-13,16-17H2,1-2H3,(H,40,41). The van der Waals surface area contributed by atoms with Gasteiger partial charge in [-0.25, -0.2) is 9.18 Å². The number of amides is 1. The number of likely N-dealkylation sites (tertiary alicyclic amines) is 2. The number of halogens is 1. The molecule has 41 heavy (non-hydrogen) atoms. The number of ketones is 2. The first kappa shape index (κ1) is 28.3. The SMILES string of the molecule is Cc1c(F)cccc1C1C(C(=O)c2cccc(O)c2)CN(C2CCN(C(=O)O)C2C)CC1C(=O)c1cccc(O)c1. The number of phenolic OH excluding ortho intramolecular Hbond substituents is 2. The maximum absolute atomic E-state index is 14.9. The molecule has 2 saturated heterocycles. The predicted octanol–water partition coefficient (Wildman–Crippen LogP) is 5.08.